The third kappa shape index (κ3) is 5.23. The van der Waals surface area contributed by atoms with E-state index < -0.39 is 11.6 Å². The maximum Gasteiger partial charge on any atom is 0.408 e. The van der Waals surface area contributed by atoms with Crippen LogP contribution in [0.1, 0.15) is 49.3 Å². The molecule has 3 aromatic rings. The van der Waals surface area contributed by atoms with Gasteiger partial charge in [-0.3, -0.25) is 4.79 Å². The molecule has 0 saturated heterocycles. The molecule has 188 valence electrons. The van der Waals surface area contributed by atoms with Crippen LogP contribution in [0.15, 0.2) is 72.8 Å². The average Bonchev–Trinajstić information content (AvgIpc) is 3.24. The second kappa shape index (κ2) is 11.3. The minimum absolute atomic E-state index is 0.0286. The van der Waals surface area contributed by atoms with E-state index in [1.54, 1.807) is 7.11 Å². The van der Waals surface area contributed by atoms with Gasteiger partial charge in [0.2, 0.25) is 5.91 Å². The van der Waals surface area contributed by atoms with E-state index in [1.807, 2.05) is 62.4 Å². The second-order valence-electron chi connectivity index (χ2n) is 9.09. The van der Waals surface area contributed by atoms with Gasteiger partial charge in [-0.1, -0.05) is 74.5 Å². The number of nitrogens with one attached hydrogen (secondary N) is 2. The lowest BCUT2D eigenvalue weighted by molar-refractivity contribution is -0.127. The van der Waals surface area contributed by atoms with E-state index in [0.29, 0.717) is 25.8 Å². The lowest BCUT2D eigenvalue weighted by Gasteiger charge is -2.31. The molecule has 0 fully saturated rings. The quantitative estimate of drug-likeness (QED) is 0.399. The number of ether oxygens (including phenoxy) is 2. The van der Waals surface area contributed by atoms with E-state index in [4.69, 9.17) is 9.47 Å². The van der Waals surface area contributed by atoms with E-state index in [0.717, 1.165) is 22.4 Å². The van der Waals surface area contributed by atoms with E-state index in [9.17, 15) is 9.59 Å². The number of carbonyl (C=O) groups is 2. The molecular weight excluding hydrogens is 452 g/mol. The van der Waals surface area contributed by atoms with Crippen molar-refractivity contribution in [1.82, 2.24) is 10.6 Å². The second-order valence-corrected chi connectivity index (χ2v) is 9.09. The number of carbonyl (C=O) groups excluding carboxylic acids is 2. The summed E-state index contributed by atoms with van der Waals surface area (Å²) in [6, 6.07) is 24.2. The number of rotatable bonds is 10. The normalized spacial score (nSPS) is 12.4. The Balaban J connectivity index is 1.36. The molecule has 0 atom stereocenters. The van der Waals surface area contributed by atoms with Crippen molar-refractivity contribution >= 4 is 12.0 Å². The van der Waals surface area contributed by atoms with Gasteiger partial charge in [-0.05, 0) is 59.2 Å². The van der Waals surface area contributed by atoms with Crippen molar-refractivity contribution in [3.63, 3.8) is 0 Å². The summed E-state index contributed by atoms with van der Waals surface area (Å²) in [6.07, 6.45) is 1.03. The first-order valence-corrected chi connectivity index (χ1v) is 12.6. The number of hydrogen-bond donors (Lipinski definition) is 2. The zero-order chi connectivity index (χ0) is 25.5. The molecule has 6 heteroatoms. The van der Waals surface area contributed by atoms with Gasteiger partial charge in [0.1, 0.15) is 17.9 Å². The molecule has 1 aliphatic carbocycles. The molecule has 0 heterocycles. The average molecular weight is 487 g/mol. The summed E-state index contributed by atoms with van der Waals surface area (Å²) in [6.45, 7) is 4.48. The predicted molar refractivity (Wildman–Crippen MR) is 141 cm³/mol. The number of alkyl carbamates (subject to hydrolysis) is 1. The third-order valence-corrected chi connectivity index (χ3v) is 7.19. The monoisotopic (exact) mass is 486 g/mol. The highest BCUT2D eigenvalue weighted by molar-refractivity contribution is 5.90. The van der Waals surface area contributed by atoms with Crippen LogP contribution >= 0.6 is 0 Å². The minimum Gasteiger partial charge on any atom is -0.497 e. The Morgan fingerprint density at radius 2 is 1.44 bits per heavy atom. The summed E-state index contributed by atoms with van der Waals surface area (Å²) in [5.41, 5.74) is 4.73. The summed E-state index contributed by atoms with van der Waals surface area (Å²) in [5, 5.41) is 5.87. The Morgan fingerprint density at radius 1 is 0.861 bits per heavy atom. The van der Waals surface area contributed by atoms with E-state index in [-0.39, 0.29) is 18.4 Å². The molecule has 4 rings (SSSR count). The molecule has 0 spiro atoms. The van der Waals surface area contributed by atoms with Crippen molar-refractivity contribution in [1.29, 1.82) is 0 Å². The first kappa shape index (κ1) is 25.3. The predicted octanol–water partition coefficient (Wildman–Crippen LogP) is 5.45. The van der Waals surface area contributed by atoms with Crippen molar-refractivity contribution in [2.45, 2.75) is 44.6 Å². The molecular formula is C30H34N2O4. The van der Waals surface area contributed by atoms with Gasteiger partial charge in [-0.2, -0.15) is 0 Å². The molecule has 2 N–H and O–H groups in total. The third-order valence-electron chi connectivity index (χ3n) is 7.19. The van der Waals surface area contributed by atoms with Crippen LogP contribution < -0.4 is 15.4 Å². The highest BCUT2D eigenvalue weighted by atomic mass is 16.5. The Hall–Kier alpha value is -3.80. The molecule has 2 amide bonds. The summed E-state index contributed by atoms with van der Waals surface area (Å²) >= 11 is 0. The maximum atomic E-state index is 13.1. The van der Waals surface area contributed by atoms with Crippen LogP contribution in [0.4, 0.5) is 4.79 Å². The largest absolute Gasteiger partial charge is 0.497 e. The van der Waals surface area contributed by atoms with Crippen molar-refractivity contribution in [2.75, 3.05) is 20.3 Å². The Morgan fingerprint density at radius 3 is 2.00 bits per heavy atom. The van der Waals surface area contributed by atoms with Gasteiger partial charge >= 0.3 is 6.09 Å². The van der Waals surface area contributed by atoms with Crippen LogP contribution in [-0.2, 0) is 16.0 Å². The van der Waals surface area contributed by atoms with Crippen LogP contribution in [0.2, 0.25) is 0 Å². The van der Waals surface area contributed by atoms with Crippen molar-refractivity contribution in [2.24, 2.45) is 0 Å². The Bertz CT molecular complexity index is 1160. The lowest BCUT2D eigenvalue weighted by atomic mass is 9.91. The molecule has 1 aliphatic rings. The zero-order valence-electron chi connectivity index (χ0n) is 21.2. The first-order valence-electron chi connectivity index (χ1n) is 12.6. The van der Waals surface area contributed by atoms with E-state index >= 15 is 0 Å². The molecule has 0 unspecified atom stereocenters. The van der Waals surface area contributed by atoms with E-state index in [2.05, 4.69) is 34.9 Å². The van der Waals surface area contributed by atoms with Gasteiger partial charge in [0, 0.05) is 12.5 Å². The number of fused-ring (bicyclic) bond motifs is 3. The van der Waals surface area contributed by atoms with Crippen molar-refractivity contribution < 1.29 is 19.1 Å². The van der Waals surface area contributed by atoms with Gasteiger partial charge in [0.15, 0.2) is 0 Å². The molecule has 0 radical (unpaired) electrons. The van der Waals surface area contributed by atoms with Crippen LogP contribution in [-0.4, -0.2) is 37.8 Å². The van der Waals surface area contributed by atoms with E-state index in [1.165, 1.54) is 11.1 Å². The molecule has 0 aromatic heterocycles. The highest BCUT2D eigenvalue weighted by Crippen LogP contribution is 2.44. The Kier molecular flexibility index (Phi) is 7.93. The molecule has 0 saturated carbocycles. The summed E-state index contributed by atoms with van der Waals surface area (Å²) in [7, 11) is 1.63. The molecule has 0 aliphatic heterocycles. The topological polar surface area (TPSA) is 76.7 Å². The summed E-state index contributed by atoms with van der Waals surface area (Å²) in [4.78, 5) is 26.0. The number of hydrogen-bond acceptors (Lipinski definition) is 4. The number of amides is 2. The number of benzene rings is 3. The van der Waals surface area contributed by atoms with Gasteiger partial charge in [-0.15, -0.1) is 0 Å². The molecule has 36 heavy (non-hydrogen) atoms. The SMILES string of the molecule is CCC(CC)(NC(=O)OCC1c2ccccc2-c2ccccc21)C(=O)NCCc1ccc(OC)cc1. The van der Waals surface area contributed by atoms with Crippen LogP contribution in [0.3, 0.4) is 0 Å². The number of methoxy groups -OCH3 is 1. The van der Waals surface area contributed by atoms with Crippen LogP contribution in [0.25, 0.3) is 11.1 Å². The van der Waals surface area contributed by atoms with Gasteiger partial charge < -0.3 is 20.1 Å². The Labute approximate surface area is 213 Å². The fraction of sp³-hybridized carbons (Fsp3) is 0.333. The first-order chi connectivity index (χ1) is 17.5. The lowest BCUT2D eigenvalue weighted by Crippen LogP contribution is -2.58. The highest BCUT2D eigenvalue weighted by Gasteiger charge is 2.37. The van der Waals surface area contributed by atoms with Crippen molar-refractivity contribution in [3.8, 4) is 16.9 Å². The molecule has 6 nitrogen and oxygen atoms in total. The molecule has 3 aromatic carbocycles. The smallest absolute Gasteiger partial charge is 0.408 e. The zero-order valence-corrected chi connectivity index (χ0v) is 21.2. The van der Waals surface area contributed by atoms with Gasteiger partial charge in [0.05, 0.1) is 7.11 Å². The standard InChI is InChI=1S/C30H34N2O4/c1-4-30(5-2,28(33)31-19-18-21-14-16-22(35-3)17-15-21)32-29(34)36-20-27-25-12-8-6-10-23(25)24-11-7-9-13-26(24)27/h6-17,27H,4-5,18-20H2,1-3H3,(H,31,33)(H,32,34). The summed E-state index contributed by atoms with van der Waals surface area (Å²) in [5.74, 6) is 0.569. The fourth-order valence-corrected chi connectivity index (χ4v) is 4.92. The molecule has 0 bridgehead atoms. The summed E-state index contributed by atoms with van der Waals surface area (Å²) < 4.78 is 10.9. The van der Waals surface area contributed by atoms with Crippen LogP contribution in [0, 0.1) is 0 Å². The fourth-order valence-electron chi connectivity index (χ4n) is 4.92. The van der Waals surface area contributed by atoms with Crippen molar-refractivity contribution in [3.05, 3.63) is 89.5 Å². The van der Waals surface area contributed by atoms with Crippen LogP contribution in [0.5, 0.6) is 5.75 Å². The maximum absolute atomic E-state index is 13.1. The van der Waals surface area contributed by atoms with Gasteiger partial charge in [-0.25, -0.2) is 4.79 Å². The van der Waals surface area contributed by atoms with Gasteiger partial charge in [0.25, 0.3) is 0 Å². The minimum atomic E-state index is -1.03.